The highest BCUT2D eigenvalue weighted by Crippen LogP contribution is 2.26. The van der Waals surface area contributed by atoms with E-state index in [4.69, 9.17) is 5.26 Å². The lowest BCUT2D eigenvalue weighted by Crippen LogP contribution is -2.45. The second-order valence-corrected chi connectivity index (χ2v) is 7.69. The van der Waals surface area contributed by atoms with Gasteiger partial charge in [0.1, 0.15) is 6.07 Å². The summed E-state index contributed by atoms with van der Waals surface area (Å²) in [5, 5.41) is 8.90. The molecule has 0 spiro atoms. The quantitative estimate of drug-likeness (QED) is 0.576. The van der Waals surface area contributed by atoms with Gasteiger partial charge in [0.05, 0.1) is 35.4 Å². The zero-order valence-corrected chi connectivity index (χ0v) is 17.8. The number of aromatic nitrogens is 5. The molecule has 1 fully saturated rings. The van der Waals surface area contributed by atoms with Gasteiger partial charge in [-0.05, 0) is 25.8 Å². The molecule has 3 aromatic rings. The van der Waals surface area contributed by atoms with Gasteiger partial charge in [0, 0.05) is 39.8 Å². The second kappa shape index (κ2) is 8.18. The standard InChI is InChI=1S/C21H24N8O2/c1-4-26(2)16-9-17-18(23-13-16)29(20(31)19(30)27(17)3)15-5-7-28(8-6-15)21-24-11-14(10-22)12-25-21/h9,11-13,15H,4-8H2,1-3H3. The predicted molar refractivity (Wildman–Crippen MR) is 117 cm³/mol. The van der Waals surface area contributed by atoms with Crippen LogP contribution in [0.25, 0.3) is 11.2 Å². The van der Waals surface area contributed by atoms with E-state index in [-0.39, 0.29) is 6.04 Å². The minimum Gasteiger partial charge on any atom is -0.374 e. The highest BCUT2D eigenvalue weighted by atomic mass is 16.2. The third-order valence-corrected chi connectivity index (χ3v) is 5.92. The van der Waals surface area contributed by atoms with Gasteiger partial charge in [0.2, 0.25) is 5.95 Å². The van der Waals surface area contributed by atoms with Crippen molar-refractivity contribution in [2.24, 2.45) is 7.05 Å². The smallest absolute Gasteiger partial charge is 0.318 e. The van der Waals surface area contributed by atoms with E-state index in [0.29, 0.717) is 48.6 Å². The molecule has 0 unspecified atom stereocenters. The molecule has 0 aromatic carbocycles. The van der Waals surface area contributed by atoms with Crippen molar-refractivity contribution >= 4 is 22.8 Å². The van der Waals surface area contributed by atoms with Crippen LogP contribution in [-0.4, -0.2) is 50.8 Å². The second-order valence-electron chi connectivity index (χ2n) is 7.69. The van der Waals surface area contributed by atoms with Crippen molar-refractivity contribution < 1.29 is 0 Å². The van der Waals surface area contributed by atoms with Crippen LogP contribution in [0.1, 0.15) is 31.4 Å². The molecule has 4 heterocycles. The average molecular weight is 420 g/mol. The van der Waals surface area contributed by atoms with Crippen LogP contribution >= 0.6 is 0 Å². The fraction of sp³-hybridized carbons (Fsp3) is 0.429. The Balaban J connectivity index is 1.67. The van der Waals surface area contributed by atoms with Crippen molar-refractivity contribution in [3.8, 4) is 6.07 Å². The maximum absolute atomic E-state index is 12.9. The molecule has 1 aliphatic heterocycles. The van der Waals surface area contributed by atoms with Crippen LogP contribution in [0.4, 0.5) is 11.6 Å². The van der Waals surface area contributed by atoms with E-state index in [1.54, 1.807) is 17.8 Å². The summed E-state index contributed by atoms with van der Waals surface area (Å²) in [7, 11) is 3.57. The summed E-state index contributed by atoms with van der Waals surface area (Å²) >= 11 is 0. The van der Waals surface area contributed by atoms with Crippen molar-refractivity contribution in [2.45, 2.75) is 25.8 Å². The highest BCUT2D eigenvalue weighted by Gasteiger charge is 2.26. The van der Waals surface area contributed by atoms with Gasteiger partial charge >= 0.3 is 11.1 Å². The number of pyridine rings is 1. The zero-order valence-electron chi connectivity index (χ0n) is 17.8. The fourth-order valence-electron chi connectivity index (χ4n) is 3.92. The van der Waals surface area contributed by atoms with E-state index >= 15 is 0 Å². The van der Waals surface area contributed by atoms with Gasteiger partial charge in [-0.25, -0.2) is 15.0 Å². The monoisotopic (exact) mass is 420 g/mol. The third-order valence-electron chi connectivity index (χ3n) is 5.92. The topological polar surface area (TPSA) is 113 Å². The Morgan fingerprint density at radius 2 is 1.81 bits per heavy atom. The normalized spacial score (nSPS) is 14.6. The lowest BCUT2D eigenvalue weighted by Gasteiger charge is -2.33. The predicted octanol–water partition coefficient (Wildman–Crippen LogP) is 1.05. The molecule has 0 aliphatic carbocycles. The molecule has 0 atom stereocenters. The van der Waals surface area contributed by atoms with E-state index < -0.39 is 11.1 Å². The average Bonchev–Trinajstić information content (AvgIpc) is 2.82. The van der Waals surface area contributed by atoms with Crippen molar-refractivity contribution in [1.82, 2.24) is 24.1 Å². The lowest BCUT2D eigenvalue weighted by molar-refractivity contribution is 0.389. The summed E-state index contributed by atoms with van der Waals surface area (Å²) in [6, 6.07) is 3.78. The molecule has 0 amide bonds. The Labute approximate surface area is 179 Å². The number of piperidine rings is 1. The Kier molecular flexibility index (Phi) is 5.42. The molecule has 0 N–H and O–H groups in total. The molecular weight excluding hydrogens is 396 g/mol. The van der Waals surface area contributed by atoms with Crippen LogP contribution in [0.3, 0.4) is 0 Å². The van der Waals surface area contributed by atoms with Gasteiger partial charge in [0.15, 0.2) is 5.65 Å². The molecule has 10 heteroatoms. The van der Waals surface area contributed by atoms with E-state index in [0.717, 1.165) is 12.2 Å². The van der Waals surface area contributed by atoms with Crippen LogP contribution in [0, 0.1) is 11.3 Å². The first-order valence-electron chi connectivity index (χ1n) is 10.2. The van der Waals surface area contributed by atoms with E-state index in [1.165, 1.54) is 17.0 Å². The summed E-state index contributed by atoms with van der Waals surface area (Å²) in [6.07, 6.45) is 6.06. The van der Waals surface area contributed by atoms with Gasteiger partial charge in [-0.2, -0.15) is 5.26 Å². The molecule has 10 nitrogen and oxygen atoms in total. The number of anilines is 2. The molecule has 160 valence electrons. The van der Waals surface area contributed by atoms with Crippen LogP contribution in [0.2, 0.25) is 0 Å². The molecule has 1 aliphatic rings. The summed E-state index contributed by atoms with van der Waals surface area (Å²) < 4.78 is 2.94. The summed E-state index contributed by atoms with van der Waals surface area (Å²) in [5.74, 6) is 0.559. The number of hydrogen-bond acceptors (Lipinski definition) is 8. The first kappa shape index (κ1) is 20.5. The molecule has 3 aromatic heterocycles. The number of fused-ring (bicyclic) bond motifs is 1. The number of hydrogen-bond donors (Lipinski definition) is 0. The van der Waals surface area contributed by atoms with Crippen LogP contribution in [0.15, 0.2) is 34.2 Å². The van der Waals surface area contributed by atoms with Gasteiger partial charge < -0.3 is 14.4 Å². The van der Waals surface area contributed by atoms with Gasteiger partial charge in [-0.15, -0.1) is 0 Å². The maximum Gasteiger partial charge on any atom is 0.318 e. The van der Waals surface area contributed by atoms with Gasteiger partial charge in [0.25, 0.3) is 0 Å². The summed E-state index contributed by atoms with van der Waals surface area (Å²) in [4.78, 5) is 42.7. The maximum atomic E-state index is 12.9. The third kappa shape index (κ3) is 3.63. The Bertz CT molecular complexity index is 1260. The minimum atomic E-state index is -0.552. The minimum absolute atomic E-state index is 0.138. The zero-order chi connectivity index (χ0) is 22.1. The van der Waals surface area contributed by atoms with Crippen LogP contribution in [-0.2, 0) is 7.05 Å². The molecule has 0 saturated carbocycles. The van der Waals surface area contributed by atoms with Gasteiger partial charge in [-0.3, -0.25) is 14.2 Å². The van der Waals surface area contributed by atoms with E-state index in [9.17, 15) is 9.59 Å². The molecular formula is C21H24N8O2. The largest absolute Gasteiger partial charge is 0.374 e. The van der Waals surface area contributed by atoms with Crippen molar-refractivity contribution in [3.05, 3.63) is 50.9 Å². The molecule has 4 rings (SSSR count). The Morgan fingerprint density at radius 3 is 2.42 bits per heavy atom. The summed E-state index contributed by atoms with van der Waals surface area (Å²) in [6.45, 7) is 4.11. The molecule has 0 radical (unpaired) electrons. The number of nitriles is 1. The Hall–Kier alpha value is -3.74. The SMILES string of the molecule is CCN(C)c1cnc2c(c1)n(C)c(=O)c(=O)n2C1CCN(c2ncc(C#N)cn2)CC1. The number of nitrogens with zero attached hydrogens (tertiary/aromatic N) is 8. The van der Waals surface area contributed by atoms with Crippen LogP contribution in [0.5, 0.6) is 0 Å². The highest BCUT2D eigenvalue weighted by molar-refractivity contribution is 5.75. The number of rotatable bonds is 4. The Morgan fingerprint density at radius 1 is 1.13 bits per heavy atom. The van der Waals surface area contributed by atoms with E-state index in [1.807, 2.05) is 35.9 Å². The number of aryl methyl sites for hydroxylation is 1. The van der Waals surface area contributed by atoms with Crippen molar-refractivity contribution in [1.29, 1.82) is 5.26 Å². The van der Waals surface area contributed by atoms with Crippen LogP contribution < -0.4 is 20.9 Å². The summed E-state index contributed by atoms with van der Waals surface area (Å²) in [5.41, 5.74) is 1.36. The van der Waals surface area contributed by atoms with Crippen molar-refractivity contribution in [3.63, 3.8) is 0 Å². The fourth-order valence-corrected chi connectivity index (χ4v) is 3.92. The first-order chi connectivity index (χ1) is 14.9. The first-order valence-corrected chi connectivity index (χ1v) is 10.2. The van der Waals surface area contributed by atoms with E-state index in [2.05, 4.69) is 15.0 Å². The van der Waals surface area contributed by atoms with Crippen molar-refractivity contribution in [2.75, 3.05) is 36.5 Å². The lowest BCUT2D eigenvalue weighted by atomic mass is 10.0. The molecule has 1 saturated heterocycles. The molecule has 0 bridgehead atoms. The molecule has 31 heavy (non-hydrogen) atoms. The van der Waals surface area contributed by atoms with Gasteiger partial charge in [-0.1, -0.05) is 0 Å².